The van der Waals surface area contributed by atoms with Crippen LogP contribution < -0.4 is 47.7 Å². The van der Waals surface area contributed by atoms with Gasteiger partial charge in [-0.1, -0.05) is 53.7 Å². The minimum absolute atomic E-state index is 0.00207. The molecule has 6 atom stereocenters. The van der Waals surface area contributed by atoms with Gasteiger partial charge in [0.25, 0.3) is 14.3 Å². The first-order valence-corrected chi connectivity index (χ1v) is 34.9. The summed E-state index contributed by atoms with van der Waals surface area (Å²) in [7, 11) is -3.77. The van der Waals surface area contributed by atoms with Gasteiger partial charge in [-0.2, -0.15) is 0 Å². The summed E-state index contributed by atoms with van der Waals surface area (Å²) < 4.78 is 17.1. The molecule has 1 heterocycles. The zero-order valence-corrected chi connectivity index (χ0v) is 59.1. The minimum atomic E-state index is -3.77. The van der Waals surface area contributed by atoms with E-state index in [-0.39, 0.29) is 116 Å². The van der Waals surface area contributed by atoms with Gasteiger partial charge in [0.05, 0.1) is 19.6 Å². The molecule has 1 saturated heterocycles. The van der Waals surface area contributed by atoms with Gasteiger partial charge in [-0.25, -0.2) is 24.0 Å². The molecule has 0 aromatic heterocycles. The van der Waals surface area contributed by atoms with E-state index < -0.39 is 215 Å². The van der Waals surface area contributed by atoms with Crippen LogP contribution in [0.2, 0.25) is 10.1 Å². The Morgan fingerprint density at radius 2 is 0.794 bits per heavy atom. The number of benzene rings is 1. The Morgan fingerprint density at radius 1 is 0.412 bits per heavy atom. The summed E-state index contributed by atoms with van der Waals surface area (Å²) in [5.74, 6) is -17.5. The summed E-state index contributed by atoms with van der Waals surface area (Å²) in [5, 5.41) is 104. The standard InChI is InChI=1S/C63H99FN12O25Si/c1-62(2,3)102(64,63(4,5)6)39-14-12-38(13-15-39)54(89)67-34-44(69-49(80)20-18-45(60(99)100)76-32-30-74(36-52(85)86)28-26-73(35-51(83)84)27-29-75(31-33-76)37-53(87)88)55(90)70-41(57(93)94)10-7-8-24-65-46(77)21-22-47(78)66-25-9-11-40(56(91)92)68-48(79)19-16-42(58(95)96)71-61(101)72-43(59(97)98)17-23-50(81)82/h12-15,40-45H,7-11,16-37H2,1-6H3,(H,65,77)(H,66,78)(H,67,89)(H,68,79)(H,69,80)(H,70,90)(H,81,82)(H,83,84)(H,85,86)(H,87,88)(H,91,92)(H,93,94)(H,95,96)(H,97,98)(H,99,100)(H2,71,72,101)/t40-,41+,42-,43-,44+,45-/m0/s1. The second-order valence-corrected chi connectivity index (χ2v) is 31.5. The largest absolute Gasteiger partial charge is 0.481 e. The van der Waals surface area contributed by atoms with Crippen LogP contribution in [0.3, 0.4) is 0 Å². The monoisotopic (exact) mass is 1470 g/mol. The molecule has 1 fully saturated rings. The normalized spacial score (nSPS) is 15.6. The van der Waals surface area contributed by atoms with Crippen molar-refractivity contribution in [3.8, 4) is 0 Å². The van der Waals surface area contributed by atoms with Gasteiger partial charge < -0.3 is 92.6 Å². The highest BCUT2D eigenvalue weighted by atomic mass is 28.4. The van der Waals surface area contributed by atoms with E-state index in [1.54, 1.807) is 41.5 Å². The fourth-order valence-electron chi connectivity index (χ4n) is 11.4. The maximum absolute atomic E-state index is 17.1. The lowest BCUT2D eigenvalue weighted by molar-refractivity contribution is -0.145. The van der Waals surface area contributed by atoms with E-state index in [9.17, 15) is 118 Å². The minimum Gasteiger partial charge on any atom is -0.481 e. The lowest BCUT2D eigenvalue weighted by atomic mass is 10.1. The molecule has 37 nitrogen and oxygen atoms in total. The van der Waals surface area contributed by atoms with Crippen molar-refractivity contribution in [1.29, 1.82) is 0 Å². The van der Waals surface area contributed by atoms with Crippen molar-refractivity contribution in [3.05, 3.63) is 29.8 Å². The van der Waals surface area contributed by atoms with Crippen molar-refractivity contribution in [2.75, 3.05) is 91.6 Å². The molecule has 0 unspecified atom stereocenters. The molecule has 0 saturated carbocycles. The Labute approximate surface area is 588 Å². The third-order valence-corrected chi connectivity index (χ3v) is 21.9. The molecule has 0 aliphatic carbocycles. The van der Waals surface area contributed by atoms with Gasteiger partial charge in [0, 0.05) is 110 Å². The van der Waals surface area contributed by atoms with Crippen LogP contribution in [0.15, 0.2) is 24.3 Å². The average Bonchev–Trinajstić information content (AvgIpc) is 0.748. The number of amides is 8. The fourth-order valence-corrected chi connectivity index (χ4v) is 16.0. The van der Waals surface area contributed by atoms with E-state index in [1.807, 2.05) is 10.6 Å². The molecule has 0 radical (unpaired) electrons. The number of hydrogen-bond acceptors (Lipinski definition) is 20. The number of nitrogens with one attached hydrogen (secondary N) is 8. The molecule has 1 aliphatic heterocycles. The second-order valence-electron chi connectivity index (χ2n) is 26.6. The summed E-state index contributed by atoms with van der Waals surface area (Å²) in [6.07, 6.45) is -4.25. The van der Waals surface area contributed by atoms with Crippen molar-refractivity contribution < 1.29 is 127 Å². The quantitative estimate of drug-likeness (QED) is 0.0197. The van der Waals surface area contributed by atoms with Gasteiger partial charge in [0.1, 0.15) is 36.3 Å². The number of urea groups is 1. The molecule has 1 aliphatic rings. The maximum atomic E-state index is 17.1. The Balaban J connectivity index is 2.15. The molecule has 2 rings (SSSR count). The van der Waals surface area contributed by atoms with Crippen molar-refractivity contribution >= 4 is 109 Å². The Kier molecular flexibility index (Phi) is 37.7. The third-order valence-electron chi connectivity index (χ3n) is 16.6. The van der Waals surface area contributed by atoms with Crippen molar-refractivity contribution in [2.45, 2.75) is 171 Å². The summed E-state index contributed by atoms with van der Waals surface area (Å²) in [4.78, 5) is 205. The number of nitrogens with zero attached hydrogens (tertiary/aromatic N) is 4. The number of carboxylic acid groups (broad SMARTS) is 9. The highest BCUT2D eigenvalue weighted by Gasteiger charge is 2.56. The molecule has 102 heavy (non-hydrogen) atoms. The van der Waals surface area contributed by atoms with Crippen LogP contribution in [0.1, 0.15) is 135 Å². The van der Waals surface area contributed by atoms with Crippen LogP contribution in [0, 0.1) is 0 Å². The van der Waals surface area contributed by atoms with Crippen LogP contribution in [0.5, 0.6) is 0 Å². The summed E-state index contributed by atoms with van der Waals surface area (Å²) in [6.45, 7) is 8.44. The topological polar surface area (TPSA) is 564 Å². The molecular weight excluding hydrogens is 1370 g/mol. The number of carboxylic acids is 9. The summed E-state index contributed by atoms with van der Waals surface area (Å²) in [6, 6.07) is -5.18. The molecular formula is C63H99FN12O25Si. The number of hydrogen-bond donors (Lipinski definition) is 17. The van der Waals surface area contributed by atoms with Crippen molar-refractivity contribution in [1.82, 2.24) is 62.1 Å². The van der Waals surface area contributed by atoms with Gasteiger partial charge in [-0.15, -0.1) is 0 Å². The summed E-state index contributed by atoms with van der Waals surface area (Å²) >= 11 is 0. The Bertz CT molecular complexity index is 3050. The molecule has 39 heteroatoms. The van der Waals surface area contributed by atoms with Gasteiger partial charge >= 0.3 is 59.8 Å². The number of halogens is 1. The maximum Gasteiger partial charge on any atom is 0.326 e. The first-order chi connectivity index (χ1) is 47.5. The number of rotatable bonds is 43. The molecule has 0 bridgehead atoms. The van der Waals surface area contributed by atoms with Gasteiger partial charge in [0.15, 0.2) is 0 Å². The molecule has 1 aromatic rings. The van der Waals surface area contributed by atoms with Gasteiger partial charge in [-0.3, -0.25) is 72.3 Å². The van der Waals surface area contributed by atoms with Crippen molar-refractivity contribution in [2.24, 2.45) is 0 Å². The smallest absolute Gasteiger partial charge is 0.326 e. The summed E-state index contributed by atoms with van der Waals surface area (Å²) in [5.41, 5.74) is 0.0380. The van der Waals surface area contributed by atoms with E-state index in [1.165, 1.54) is 43.9 Å². The lowest BCUT2D eigenvalue weighted by Crippen LogP contribution is -2.58. The van der Waals surface area contributed by atoms with Crippen LogP contribution in [-0.4, -0.2) is 297 Å². The molecule has 17 N–H and O–H groups in total. The number of aliphatic carboxylic acids is 9. The van der Waals surface area contributed by atoms with Gasteiger partial charge in [0.2, 0.25) is 29.5 Å². The highest BCUT2D eigenvalue weighted by molar-refractivity contribution is 6.90. The van der Waals surface area contributed by atoms with Crippen molar-refractivity contribution in [3.63, 3.8) is 0 Å². The van der Waals surface area contributed by atoms with Crippen LogP contribution >= 0.6 is 0 Å². The van der Waals surface area contributed by atoms with Crippen LogP contribution in [0.25, 0.3) is 0 Å². The van der Waals surface area contributed by atoms with E-state index in [4.69, 9.17) is 5.11 Å². The van der Waals surface area contributed by atoms with Crippen LogP contribution in [-0.2, 0) is 67.1 Å². The van der Waals surface area contributed by atoms with E-state index in [2.05, 4.69) is 31.9 Å². The van der Waals surface area contributed by atoms with E-state index in [0.717, 1.165) is 0 Å². The number of carbonyl (C=O) groups excluding carboxylic acids is 7. The van der Waals surface area contributed by atoms with Gasteiger partial charge in [-0.05, 0) is 78.8 Å². The Hall–Kier alpha value is -9.47. The molecule has 0 spiro atoms. The molecule has 8 amide bonds. The zero-order valence-electron chi connectivity index (χ0n) is 58.1. The first-order valence-electron chi connectivity index (χ1n) is 33.0. The molecule has 572 valence electrons. The predicted octanol–water partition coefficient (Wildman–Crippen LogP) is -1.72. The third kappa shape index (κ3) is 32.9. The SMILES string of the molecule is CC(C)(C)[Si](F)(c1ccc(C(=O)NC[C@@H](NC(=O)CC[C@@H](C(=O)O)N2CCN(CC(=O)O)CCN(CC(=O)O)CCN(CC(=O)O)CC2)C(=O)N[C@H](CCCCNC(=O)CCC(=O)NCCC[C@H](NC(=O)CC[C@H](NC(=O)N[C@@H](CCC(=O)O)C(=O)O)C(=O)O)C(=O)O)C(=O)O)cc1)C(C)(C)C. The molecule has 1 aromatic carbocycles. The van der Waals surface area contributed by atoms with E-state index in [0.29, 0.717) is 5.19 Å². The highest BCUT2D eigenvalue weighted by Crippen LogP contribution is 2.51. The Morgan fingerprint density at radius 3 is 1.21 bits per heavy atom. The number of unbranched alkanes of at least 4 members (excludes halogenated alkanes) is 1. The van der Waals surface area contributed by atoms with Crippen LogP contribution in [0.4, 0.5) is 8.90 Å². The second kappa shape index (κ2) is 43.4. The fraction of sp³-hybridized carbons (Fsp3) is 0.651. The lowest BCUT2D eigenvalue weighted by Gasteiger charge is -2.44. The zero-order chi connectivity index (χ0) is 77.2. The first kappa shape index (κ1) is 88.6. The average molecular weight is 1470 g/mol. The number of carbonyl (C=O) groups is 16. The van der Waals surface area contributed by atoms with E-state index >= 15 is 4.11 Å². The predicted molar refractivity (Wildman–Crippen MR) is 359 cm³/mol.